The Balaban J connectivity index is 3.74. The lowest BCUT2D eigenvalue weighted by Crippen LogP contribution is -2.49. The van der Waals surface area contributed by atoms with Crippen molar-refractivity contribution in [3.63, 3.8) is 0 Å². The van der Waals surface area contributed by atoms with Crippen LogP contribution in [0.25, 0.3) is 0 Å². The first kappa shape index (κ1) is 16.7. The lowest BCUT2D eigenvalue weighted by molar-refractivity contribution is -0.138. The maximum atomic E-state index is 11.5. The van der Waals surface area contributed by atoms with Crippen LogP contribution in [-0.4, -0.2) is 54.7 Å². The van der Waals surface area contributed by atoms with Gasteiger partial charge in [-0.3, -0.25) is 4.79 Å². The second-order valence-electron chi connectivity index (χ2n) is 5.35. The van der Waals surface area contributed by atoms with Crippen LogP contribution in [0.15, 0.2) is 0 Å². The number of urea groups is 1. The normalized spacial score (nSPS) is 11.4. The first-order chi connectivity index (χ1) is 8.23. The van der Waals surface area contributed by atoms with Crippen molar-refractivity contribution < 1.29 is 14.7 Å². The molecule has 3 N–H and O–H groups in total. The Morgan fingerprint density at radius 1 is 1.22 bits per heavy atom. The standard InChI is InChI=1S/C12H25N3O3/c1-12(2,9-10(16)17)14-11(18)13-7-5-6-8-15(3)4/h5-9H2,1-4H3,(H,16,17)(H2,13,14,18). The molecule has 0 aromatic rings. The summed E-state index contributed by atoms with van der Waals surface area (Å²) < 4.78 is 0. The van der Waals surface area contributed by atoms with E-state index < -0.39 is 11.5 Å². The van der Waals surface area contributed by atoms with E-state index in [0.717, 1.165) is 19.4 Å². The minimum absolute atomic E-state index is 0.0962. The maximum Gasteiger partial charge on any atom is 0.315 e. The van der Waals surface area contributed by atoms with Crippen molar-refractivity contribution in [1.29, 1.82) is 0 Å². The zero-order valence-electron chi connectivity index (χ0n) is 11.7. The Hall–Kier alpha value is -1.30. The second-order valence-corrected chi connectivity index (χ2v) is 5.35. The van der Waals surface area contributed by atoms with Gasteiger partial charge in [-0.1, -0.05) is 0 Å². The molecule has 0 aromatic heterocycles. The molecule has 0 aliphatic rings. The number of aliphatic carboxylic acids is 1. The Morgan fingerprint density at radius 3 is 2.33 bits per heavy atom. The van der Waals surface area contributed by atoms with E-state index in [-0.39, 0.29) is 12.5 Å². The molecule has 0 spiro atoms. The molecular formula is C12H25N3O3. The number of hydrogen-bond donors (Lipinski definition) is 3. The maximum absolute atomic E-state index is 11.5. The monoisotopic (exact) mass is 259 g/mol. The van der Waals surface area contributed by atoms with E-state index in [1.807, 2.05) is 14.1 Å². The highest BCUT2D eigenvalue weighted by atomic mass is 16.4. The van der Waals surface area contributed by atoms with Crippen molar-refractivity contribution in [2.24, 2.45) is 0 Å². The number of amides is 2. The first-order valence-corrected chi connectivity index (χ1v) is 6.15. The molecule has 0 heterocycles. The highest BCUT2D eigenvalue weighted by Gasteiger charge is 2.23. The van der Waals surface area contributed by atoms with Gasteiger partial charge in [-0.25, -0.2) is 4.79 Å². The van der Waals surface area contributed by atoms with Crippen LogP contribution >= 0.6 is 0 Å². The van der Waals surface area contributed by atoms with Crippen LogP contribution in [0, 0.1) is 0 Å². The molecule has 0 unspecified atom stereocenters. The van der Waals surface area contributed by atoms with E-state index in [0.29, 0.717) is 6.54 Å². The van der Waals surface area contributed by atoms with Gasteiger partial charge in [0.15, 0.2) is 0 Å². The molecule has 0 atom stereocenters. The first-order valence-electron chi connectivity index (χ1n) is 6.15. The van der Waals surface area contributed by atoms with Crippen LogP contribution in [0.5, 0.6) is 0 Å². The fraction of sp³-hybridized carbons (Fsp3) is 0.833. The van der Waals surface area contributed by atoms with Gasteiger partial charge in [-0.05, 0) is 47.3 Å². The Labute approximate surface area is 109 Å². The van der Waals surface area contributed by atoms with E-state index in [2.05, 4.69) is 15.5 Å². The molecular weight excluding hydrogens is 234 g/mol. The number of unbranched alkanes of at least 4 members (excludes halogenated alkanes) is 1. The third-order valence-electron chi connectivity index (χ3n) is 2.36. The summed E-state index contributed by atoms with van der Waals surface area (Å²) in [6.45, 7) is 4.97. The lowest BCUT2D eigenvalue weighted by atomic mass is 10.0. The summed E-state index contributed by atoms with van der Waals surface area (Å²) >= 11 is 0. The van der Waals surface area contributed by atoms with Gasteiger partial charge in [0.05, 0.1) is 6.42 Å². The summed E-state index contributed by atoms with van der Waals surface area (Å²) in [5.74, 6) is -0.925. The molecule has 0 aliphatic heterocycles. The topological polar surface area (TPSA) is 81.7 Å². The fourth-order valence-electron chi connectivity index (χ4n) is 1.53. The summed E-state index contributed by atoms with van der Waals surface area (Å²) in [6, 6.07) is -0.314. The van der Waals surface area contributed by atoms with Gasteiger partial charge in [0.25, 0.3) is 0 Å². The van der Waals surface area contributed by atoms with Crippen molar-refractivity contribution in [3.8, 4) is 0 Å². The SMILES string of the molecule is CN(C)CCCCNC(=O)NC(C)(C)CC(=O)O. The molecule has 0 fully saturated rings. The minimum atomic E-state index is -0.925. The number of carbonyl (C=O) groups is 2. The summed E-state index contributed by atoms with van der Waals surface area (Å²) in [7, 11) is 4.02. The molecule has 0 bridgehead atoms. The van der Waals surface area contributed by atoms with Crippen LogP contribution in [-0.2, 0) is 4.79 Å². The molecule has 0 saturated heterocycles. The van der Waals surface area contributed by atoms with Gasteiger partial charge in [0.1, 0.15) is 0 Å². The van der Waals surface area contributed by atoms with E-state index in [4.69, 9.17) is 5.11 Å². The molecule has 0 saturated carbocycles. The van der Waals surface area contributed by atoms with Crippen LogP contribution in [0.1, 0.15) is 33.1 Å². The van der Waals surface area contributed by atoms with E-state index >= 15 is 0 Å². The van der Waals surface area contributed by atoms with Crippen LogP contribution in [0.3, 0.4) is 0 Å². The Kier molecular flexibility index (Phi) is 7.35. The van der Waals surface area contributed by atoms with Crippen molar-refractivity contribution in [1.82, 2.24) is 15.5 Å². The molecule has 2 amide bonds. The predicted molar refractivity (Wildman–Crippen MR) is 70.7 cm³/mol. The molecule has 106 valence electrons. The Bertz CT molecular complexity index is 278. The fourth-order valence-corrected chi connectivity index (χ4v) is 1.53. The minimum Gasteiger partial charge on any atom is -0.481 e. The number of rotatable bonds is 8. The third-order valence-corrected chi connectivity index (χ3v) is 2.36. The number of carboxylic acids is 1. The molecule has 6 nitrogen and oxygen atoms in total. The second kappa shape index (κ2) is 7.92. The van der Waals surface area contributed by atoms with E-state index in [9.17, 15) is 9.59 Å². The lowest BCUT2D eigenvalue weighted by Gasteiger charge is -2.24. The number of carbonyl (C=O) groups excluding carboxylic acids is 1. The summed E-state index contributed by atoms with van der Waals surface area (Å²) in [4.78, 5) is 24.2. The van der Waals surface area contributed by atoms with Crippen LogP contribution in [0.4, 0.5) is 4.79 Å². The van der Waals surface area contributed by atoms with E-state index in [1.165, 1.54) is 0 Å². The number of nitrogens with one attached hydrogen (secondary N) is 2. The highest BCUT2D eigenvalue weighted by molar-refractivity contribution is 5.76. The number of hydrogen-bond acceptors (Lipinski definition) is 3. The van der Waals surface area contributed by atoms with Gasteiger partial charge in [0.2, 0.25) is 0 Å². The van der Waals surface area contributed by atoms with Crippen molar-refractivity contribution in [2.45, 2.75) is 38.6 Å². The van der Waals surface area contributed by atoms with Gasteiger partial charge < -0.3 is 20.6 Å². The number of carboxylic acid groups (broad SMARTS) is 1. The van der Waals surface area contributed by atoms with Crippen LogP contribution < -0.4 is 10.6 Å². The molecule has 18 heavy (non-hydrogen) atoms. The third kappa shape index (κ3) is 9.89. The average molecular weight is 259 g/mol. The highest BCUT2D eigenvalue weighted by Crippen LogP contribution is 2.07. The van der Waals surface area contributed by atoms with Gasteiger partial charge in [0, 0.05) is 12.1 Å². The largest absolute Gasteiger partial charge is 0.481 e. The zero-order valence-corrected chi connectivity index (χ0v) is 11.7. The molecule has 0 aromatic carbocycles. The van der Waals surface area contributed by atoms with Gasteiger partial charge in [-0.2, -0.15) is 0 Å². The molecule has 6 heteroatoms. The van der Waals surface area contributed by atoms with Crippen molar-refractivity contribution in [2.75, 3.05) is 27.2 Å². The summed E-state index contributed by atoms with van der Waals surface area (Å²) in [5, 5.41) is 14.1. The average Bonchev–Trinajstić information content (AvgIpc) is 2.13. The summed E-state index contributed by atoms with van der Waals surface area (Å²) in [6.07, 6.45) is 1.83. The van der Waals surface area contributed by atoms with Crippen LogP contribution in [0.2, 0.25) is 0 Å². The molecule has 0 aliphatic carbocycles. The van der Waals surface area contributed by atoms with Crippen molar-refractivity contribution >= 4 is 12.0 Å². The zero-order chi connectivity index (χ0) is 14.2. The van der Waals surface area contributed by atoms with Gasteiger partial charge >= 0.3 is 12.0 Å². The molecule has 0 rings (SSSR count). The molecule has 0 radical (unpaired) electrons. The smallest absolute Gasteiger partial charge is 0.315 e. The van der Waals surface area contributed by atoms with E-state index in [1.54, 1.807) is 13.8 Å². The quantitative estimate of drug-likeness (QED) is 0.565. The predicted octanol–water partition coefficient (Wildman–Crippen LogP) is 0.881. The Morgan fingerprint density at radius 2 is 1.83 bits per heavy atom. The van der Waals surface area contributed by atoms with Gasteiger partial charge in [-0.15, -0.1) is 0 Å². The van der Waals surface area contributed by atoms with Crippen molar-refractivity contribution in [3.05, 3.63) is 0 Å². The number of nitrogens with zero attached hydrogens (tertiary/aromatic N) is 1. The summed E-state index contributed by atoms with van der Waals surface area (Å²) in [5.41, 5.74) is -0.737.